The molecule has 0 spiro atoms. The lowest BCUT2D eigenvalue weighted by atomic mass is 9.88. The van der Waals surface area contributed by atoms with Crippen LogP contribution < -0.4 is 4.90 Å². The first kappa shape index (κ1) is 35.2. The van der Waals surface area contributed by atoms with Crippen LogP contribution in [0.5, 0.6) is 0 Å². The Bertz CT molecular complexity index is 3030. The molecule has 0 unspecified atom stereocenters. The summed E-state index contributed by atoms with van der Waals surface area (Å²) in [4.78, 5) is 18.1. The van der Waals surface area contributed by atoms with Crippen LogP contribution in [-0.2, 0) is 0 Å². The molecule has 0 saturated heterocycles. The van der Waals surface area contributed by atoms with Gasteiger partial charge in [-0.25, -0.2) is 15.0 Å². The average Bonchev–Trinajstić information content (AvgIpc) is 3.99. The maximum Gasteiger partial charge on any atom is 0.220 e. The van der Waals surface area contributed by atoms with Crippen molar-refractivity contribution < 1.29 is 0 Å². The summed E-state index contributed by atoms with van der Waals surface area (Å²) in [6.07, 6.45) is 3.97. The predicted octanol–water partition coefficient (Wildman–Crippen LogP) is 13.1. The molecule has 10 rings (SSSR count). The van der Waals surface area contributed by atoms with Gasteiger partial charge in [0.1, 0.15) is 17.0 Å². The van der Waals surface area contributed by atoms with E-state index in [4.69, 9.17) is 15.0 Å². The Hall–Kier alpha value is -7.25. The summed E-state index contributed by atoms with van der Waals surface area (Å²) in [5.74, 6) is 2.97. The number of fused-ring (bicyclic) bond motifs is 5. The SMILES string of the molecule is CC(C)c1cc(-c2ccccc2)cc(C(C)C)c1-n1ccnc1-c1cccc(N(c2ccccc2)c2cccc3c2nc2n(-c4ccccc4)c4ccccc4n32)n1. The minimum Gasteiger partial charge on any atom is -0.298 e. The van der Waals surface area contributed by atoms with Crippen LogP contribution in [0.1, 0.15) is 50.7 Å². The van der Waals surface area contributed by atoms with Crippen molar-refractivity contribution in [3.8, 4) is 34.0 Å². The quantitative estimate of drug-likeness (QED) is 0.147. The highest BCUT2D eigenvalue weighted by atomic mass is 15.2. The van der Waals surface area contributed by atoms with Crippen LogP contribution in [0.15, 0.2) is 176 Å². The molecule has 0 amide bonds. The topological polar surface area (TPSA) is 56.2 Å². The zero-order valence-corrected chi connectivity index (χ0v) is 33.0. The number of hydrogen-bond acceptors (Lipinski definition) is 4. The van der Waals surface area contributed by atoms with Gasteiger partial charge in [-0.05, 0) is 107 Å². The second kappa shape index (κ2) is 14.4. The van der Waals surface area contributed by atoms with Gasteiger partial charge in [0.25, 0.3) is 0 Å². The van der Waals surface area contributed by atoms with Gasteiger partial charge in [0.05, 0.1) is 27.9 Å². The maximum atomic E-state index is 5.45. The van der Waals surface area contributed by atoms with E-state index in [-0.39, 0.29) is 11.8 Å². The molecular formula is C51H43N7. The monoisotopic (exact) mass is 753 g/mol. The van der Waals surface area contributed by atoms with Gasteiger partial charge in [0.15, 0.2) is 5.82 Å². The van der Waals surface area contributed by atoms with E-state index in [0.29, 0.717) is 0 Å². The first-order valence-electron chi connectivity index (χ1n) is 20.0. The third-order valence-corrected chi connectivity index (χ3v) is 11.1. The third-order valence-electron chi connectivity index (χ3n) is 11.1. The molecule has 0 aliphatic rings. The van der Waals surface area contributed by atoms with Crippen molar-refractivity contribution in [2.24, 2.45) is 0 Å². The summed E-state index contributed by atoms with van der Waals surface area (Å²) in [7, 11) is 0. The number of benzene rings is 6. The molecule has 0 fully saturated rings. The van der Waals surface area contributed by atoms with Crippen LogP contribution in [0.2, 0.25) is 0 Å². The molecule has 282 valence electrons. The third kappa shape index (κ3) is 5.86. The Morgan fingerprint density at radius 2 is 1.17 bits per heavy atom. The summed E-state index contributed by atoms with van der Waals surface area (Å²) in [5.41, 5.74) is 14.0. The number of rotatable bonds is 9. The van der Waals surface area contributed by atoms with Crippen molar-refractivity contribution in [3.05, 3.63) is 187 Å². The van der Waals surface area contributed by atoms with E-state index < -0.39 is 0 Å². The molecule has 0 aliphatic carbocycles. The number of pyridine rings is 1. The van der Waals surface area contributed by atoms with E-state index in [1.165, 1.54) is 27.9 Å². The number of nitrogens with zero attached hydrogens (tertiary/aromatic N) is 7. The van der Waals surface area contributed by atoms with Crippen molar-refractivity contribution in [3.63, 3.8) is 0 Å². The number of aromatic nitrogens is 6. The van der Waals surface area contributed by atoms with Crippen molar-refractivity contribution >= 4 is 45.0 Å². The lowest BCUT2D eigenvalue weighted by molar-refractivity contribution is 0.807. The van der Waals surface area contributed by atoms with Crippen molar-refractivity contribution in [2.75, 3.05) is 4.90 Å². The van der Waals surface area contributed by atoms with Crippen molar-refractivity contribution in [1.29, 1.82) is 0 Å². The zero-order chi connectivity index (χ0) is 39.3. The fraction of sp³-hybridized carbons (Fsp3) is 0.118. The minimum absolute atomic E-state index is 0.279. The lowest BCUT2D eigenvalue weighted by Gasteiger charge is -2.25. The normalized spacial score (nSPS) is 11.8. The second-order valence-electron chi connectivity index (χ2n) is 15.4. The van der Waals surface area contributed by atoms with Crippen LogP contribution in [0, 0.1) is 0 Å². The molecule has 0 bridgehead atoms. The van der Waals surface area contributed by atoms with Crippen LogP contribution >= 0.6 is 0 Å². The Morgan fingerprint density at radius 3 is 1.88 bits per heavy atom. The first-order chi connectivity index (χ1) is 28.5. The molecule has 0 radical (unpaired) electrons. The van der Waals surface area contributed by atoms with Gasteiger partial charge >= 0.3 is 0 Å². The number of imidazole rings is 3. The molecule has 7 nitrogen and oxygen atoms in total. The molecule has 58 heavy (non-hydrogen) atoms. The number of para-hydroxylation sites is 5. The molecule has 0 N–H and O–H groups in total. The minimum atomic E-state index is 0.279. The van der Waals surface area contributed by atoms with Crippen molar-refractivity contribution in [1.82, 2.24) is 28.5 Å². The van der Waals surface area contributed by atoms with Crippen LogP contribution in [0.4, 0.5) is 17.2 Å². The molecule has 4 heterocycles. The summed E-state index contributed by atoms with van der Waals surface area (Å²) in [5, 5.41) is 0. The Balaban J connectivity index is 1.16. The van der Waals surface area contributed by atoms with Crippen LogP contribution in [-0.4, -0.2) is 28.5 Å². The standard InChI is InChI=1S/C51H43N7/c1-34(2)40-32-37(36-18-8-5-9-19-36)33-41(35(3)4)49(40)55-31-30-52-50(55)42-24-16-29-47(53-42)56(38-20-10-6-11-21-38)45-27-17-28-46-48(45)54-51-57(39-22-12-7-13-23-39)43-25-14-15-26-44(43)58(46)51/h5-35H,1-4H3. The fourth-order valence-electron chi connectivity index (χ4n) is 8.38. The highest BCUT2D eigenvalue weighted by molar-refractivity contribution is 6.00. The number of anilines is 3. The molecule has 10 aromatic rings. The van der Waals surface area contributed by atoms with Gasteiger partial charge in [0, 0.05) is 23.8 Å². The lowest BCUT2D eigenvalue weighted by Crippen LogP contribution is -2.13. The molecular weight excluding hydrogens is 711 g/mol. The van der Waals surface area contributed by atoms with Gasteiger partial charge in [-0.1, -0.05) is 119 Å². The second-order valence-corrected chi connectivity index (χ2v) is 15.4. The Morgan fingerprint density at radius 1 is 0.552 bits per heavy atom. The molecule has 6 aromatic carbocycles. The van der Waals surface area contributed by atoms with Crippen LogP contribution in [0.25, 0.3) is 61.9 Å². The molecule has 0 atom stereocenters. The van der Waals surface area contributed by atoms with E-state index in [0.717, 1.165) is 62.2 Å². The summed E-state index contributed by atoms with van der Waals surface area (Å²) in [6, 6.07) is 57.4. The number of hydrogen-bond donors (Lipinski definition) is 0. The van der Waals surface area contributed by atoms with Gasteiger partial charge < -0.3 is 0 Å². The van der Waals surface area contributed by atoms with Gasteiger partial charge in [-0.2, -0.15) is 0 Å². The predicted molar refractivity (Wildman–Crippen MR) is 238 cm³/mol. The zero-order valence-electron chi connectivity index (χ0n) is 33.0. The van der Waals surface area contributed by atoms with Gasteiger partial charge in [-0.3, -0.25) is 18.4 Å². The van der Waals surface area contributed by atoms with Gasteiger partial charge in [-0.15, -0.1) is 0 Å². The van der Waals surface area contributed by atoms with Gasteiger partial charge in [0.2, 0.25) is 5.78 Å². The van der Waals surface area contributed by atoms with E-state index >= 15 is 0 Å². The summed E-state index contributed by atoms with van der Waals surface area (Å²) >= 11 is 0. The summed E-state index contributed by atoms with van der Waals surface area (Å²) < 4.78 is 6.76. The smallest absolute Gasteiger partial charge is 0.220 e. The molecule has 4 aromatic heterocycles. The fourth-order valence-corrected chi connectivity index (χ4v) is 8.38. The van der Waals surface area contributed by atoms with Crippen LogP contribution in [0.3, 0.4) is 0 Å². The molecule has 0 saturated carbocycles. The van der Waals surface area contributed by atoms with E-state index in [2.05, 4.69) is 204 Å². The van der Waals surface area contributed by atoms with E-state index in [9.17, 15) is 0 Å². The summed E-state index contributed by atoms with van der Waals surface area (Å²) in [6.45, 7) is 9.09. The Kier molecular flexibility index (Phi) is 8.71. The van der Waals surface area contributed by atoms with Crippen molar-refractivity contribution in [2.45, 2.75) is 39.5 Å². The maximum absolute atomic E-state index is 5.45. The highest BCUT2D eigenvalue weighted by Crippen LogP contribution is 2.41. The largest absolute Gasteiger partial charge is 0.298 e. The molecule has 7 heteroatoms. The van der Waals surface area contributed by atoms with E-state index in [1.807, 2.05) is 18.3 Å². The first-order valence-corrected chi connectivity index (χ1v) is 20.0. The Labute approximate surface area is 338 Å². The highest BCUT2D eigenvalue weighted by Gasteiger charge is 2.25. The van der Waals surface area contributed by atoms with E-state index in [1.54, 1.807) is 0 Å². The molecule has 0 aliphatic heterocycles. The average molecular weight is 754 g/mol.